The van der Waals surface area contributed by atoms with Gasteiger partial charge in [0.1, 0.15) is 16.4 Å². The monoisotopic (exact) mass is 387 g/mol. The summed E-state index contributed by atoms with van der Waals surface area (Å²) < 4.78 is 5.97. The van der Waals surface area contributed by atoms with Gasteiger partial charge in [-0.1, -0.05) is 28.7 Å². The van der Waals surface area contributed by atoms with Gasteiger partial charge in [0.15, 0.2) is 5.13 Å². The van der Waals surface area contributed by atoms with Gasteiger partial charge in [-0.3, -0.25) is 9.59 Å². The van der Waals surface area contributed by atoms with Gasteiger partial charge in [-0.2, -0.15) is 4.68 Å². The van der Waals surface area contributed by atoms with Crippen molar-refractivity contribution in [2.45, 2.75) is 26.8 Å². The highest BCUT2D eigenvalue weighted by Crippen LogP contribution is 2.24. The SMILES string of the molecule is CCOC(=O)c1sc(NC(=O)[C@H](C)n2nnc3ccccc3c2=O)nc1C. The highest BCUT2D eigenvalue weighted by molar-refractivity contribution is 7.17. The standard InChI is InChI=1S/C17H17N5O4S/c1-4-26-16(25)13-9(2)18-17(27-13)19-14(23)10(3)22-15(24)11-7-5-6-8-12(11)20-21-22/h5-8,10H,4H2,1-3H3,(H,18,19,23)/t10-/m0/s1. The molecule has 0 aliphatic carbocycles. The summed E-state index contributed by atoms with van der Waals surface area (Å²) in [5.74, 6) is -0.983. The Morgan fingerprint density at radius 1 is 1.33 bits per heavy atom. The van der Waals surface area contributed by atoms with Crippen molar-refractivity contribution in [1.82, 2.24) is 20.0 Å². The molecule has 3 rings (SSSR count). The molecule has 10 heteroatoms. The van der Waals surface area contributed by atoms with E-state index in [1.807, 2.05) is 0 Å². The quantitative estimate of drug-likeness (QED) is 0.665. The predicted octanol–water partition coefficient (Wildman–Crippen LogP) is 1.93. The molecule has 3 aromatic rings. The van der Waals surface area contributed by atoms with Crippen molar-refractivity contribution in [2.24, 2.45) is 0 Å². The van der Waals surface area contributed by atoms with Gasteiger partial charge in [0.05, 0.1) is 17.7 Å². The Morgan fingerprint density at radius 3 is 2.81 bits per heavy atom. The highest BCUT2D eigenvalue weighted by atomic mass is 32.1. The smallest absolute Gasteiger partial charge is 0.350 e. The first-order valence-electron chi connectivity index (χ1n) is 8.22. The first kappa shape index (κ1) is 18.6. The zero-order valence-corrected chi connectivity index (χ0v) is 15.7. The number of anilines is 1. The van der Waals surface area contributed by atoms with Crippen LogP contribution in [0.1, 0.15) is 35.3 Å². The number of amides is 1. The van der Waals surface area contributed by atoms with Crippen LogP contribution in [0.4, 0.5) is 5.13 Å². The number of hydrogen-bond acceptors (Lipinski definition) is 8. The van der Waals surface area contributed by atoms with E-state index in [4.69, 9.17) is 4.74 Å². The minimum absolute atomic E-state index is 0.245. The zero-order chi connectivity index (χ0) is 19.6. The third-order valence-corrected chi connectivity index (χ3v) is 4.88. The Labute approximate surface area is 158 Å². The predicted molar refractivity (Wildman–Crippen MR) is 99.9 cm³/mol. The molecule has 1 amide bonds. The van der Waals surface area contributed by atoms with Crippen LogP contribution in [0.2, 0.25) is 0 Å². The van der Waals surface area contributed by atoms with Gasteiger partial charge in [0.2, 0.25) is 0 Å². The van der Waals surface area contributed by atoms with Gasteiger partial charge in [-0.15, -0.1) is 5.10 Å². The fourth-order valence-corrected chi connectivity index (χ4v) is 3.28. The number of carbonyl (C=O) groups excluding carboxylic acids is 2. The number of fused-ring (bicyclic) bond motifs is 1. The summed E-state index contributed by atoms with van der Waals surface area (Å²) in [7, 11) is 0. The number of aromatic nitrogens is 4. The molecule has 1 N–H and O–H groups in total. The molecule has 1 atom stereocenters. The number of rotatable bonds is 5. The molecule has 0 aliphatic rings. The molecule has 2 aromatic heterocycles. The van der Waals surface area contributed by atoms with E-state index in [2.05, 4.69) is 20.6 Å². The van der Waals surface area contributed by atoms with E-state index in [9.17, 15) is 14.4 Å². The number of esters is 1. The van der Waals surface area contributed by atoms with Crippen molar-refractivity contribution in [3.05, 3.63) is 45.2 Å². The lowest BCUT2D eigenvalue weighted by atomic mass is 10.2. The summed E-state index contributed by atoms with van der Waals surface area (Å²) in [6, 6.07) is 5.86. The van der Waals surface area contributed by atoms with Gasteiger partial charge < -0.3 is 10.1 Å². The second kappa shape index (κ2) is 7.62. The van der Waals surface area contributed by atoms with Crippen LogP contribution >= 0.6 is 11.3 Å². The van der Waals surface area contributed by atoms with Crippen LogP contribution in [0.3, 0.4) is 0 Å². The van der Waals surface area contributed by atoms with Crippen LogP contribution < -0.4 is 10.9 Å². The Hall–Kier alpha value is -3.14. The van der Waals surface area contributed by atoms with Gasteiger partial charge in [-0.05, 0) is 32.9 Å². The lowest BCUT2D eigenvalue weighted by molar-refractivity contribution is -0.119. The first-order valence-corrected chi connectivity index (χ1v) is 9.03. The molecule has 0 saturated carbocycles. The Morgan fingerprint density at radius 2 is 2.07 bits per heavy atom. The maximum absolute atomic E-state index is 12.6. The number of nitrogens with one attached hydrogen (secondary N) is 1. The number of ether oxygens (including phenoxy) is 1. The largest absolute Gasteiger partial charge is 0.462 e. The summed E-state index contributed by atoms with van der Waals surface area (Å²) in [6.07, 6.45) is 0. The first-order chi connectivity index (χ1) is 12.9. The maximum atomic E-state index is 12.6. The van der Waals surface area contributed by atoms with Gasteiger partial charge in [0, 0.05) is 0 Å². The average Bonchev–Trinajstić information content (AvgIpc) is 3.02. The number of nitrogens with zero attached hydrogens (tertiary/aromatic N) is 4. The van der Waals surface area contributed by atoms with Gasteiger partial charge in [-0.25, -0.2) is 9.78 Å². The van der Waals surface area contributed by atoms with Crippen molar-refractivity contribution < 1.29 is 14.3 Å². The average molecular weight is 387 g/mol. The van der Waals surface area contributed by atoms with E-state index < -0.39 is 23.5 Å². The number of aryl methyl sites for hydroxylation is 1. The number of carbonyl (C=O) groups is 2. The molecule has 0 saturated heterocycles. The minimum atomic E-state index is -0.912. The van der Waals surface area contributed by atoms with Crippen LogP contribution in [0.15, 0.2) is 29.1 Å². The lowest BCUT2D eigenvalue weighted by Crippen LogP contribution is -2.34. The summed E-state index contributed by atoms with van der Waals surface area (Å²) in [6.45, 7) is 5.15. The second-order valence-electron chi connectivity index (χ2n) is 5.68. The Balaban J connectivity index is 1.83. The summed E-state index contributed by atoms with van der Waals surface area (Å²) in [5.41, 5.74) is 0.510. The minimum Gasteiger partial charge on any atom is -0.462 e. The number of hydrogen-bond donors (Lipinski definition) is 1. The van der Waals surface area contributed by atoms with Crippen LogP contribution in [-0.4, -0.2) is 38.5 Å². The van der Waals surface area contributed by atoms with Crippen molar-refractivity contribution in [2.75, 3.05) is 11.9 Å². The normalized spacial score (nSPS) is 12.0. The van der Waals surface area contributed by atoms with Gasteiger partial charge >= 0.3 is 5.97 Å². The Bertz CT molecular complexity index is 1070. The van der Waals surface area contributed by atoms with E-state index in [1.54, 1.807) is 38.1 Å². The number of thiazole rings is 1. The zero-order valence-electron chi connectivity index (χ0n) is 14.9. The molecule has 140 valence electrons. The number of benzene rings is 1. The van der Waals surface area contributed by atoms with Crippen LogP contribution in [-0.2, 0) is 9.53 Å². The fourth-order valence-electron chi connectivity index (χ4n) is 2.41. The fraction of sp³-hybridized carbons (Fsp3) is 0.294. The molecule has 9 nitrogen and oxygen atoms in total. The molecule has 0 radical (unpaired) electrons. The van der Waals surface area contributed by atoms with Crippen LogP contribution in [0, 0.1) is 6.92 Å². The summed E-state index contributed by atoms with van der Waals surface area (Å²) in [4.78, 5) is 41.4. The molecule has 27 heavy (non-hydrogen) atoms. The molecular weight excluding hydrogens is 370 g/mol. The molecule has 0 unspecified atom stereocenters. The van der Waals surface area contributed by atoms with E-state index in [-0.39, 0.29) is 11.7 Å². The van der Waals surface area contributed by atoms with E-state index in [1.165, 1.54) is 6.92 Å². The van der Waals surface area contributed by atoms with E-state index >= 15 is 0 Å². The van der Waals surface area contributed by atoms with Crippen molar-refractivity contribution in [3.63, 3.8) is 0 Å². The molecular formula is C17H17N5O4S. The van der Waals surface area contributed by atoms with Crippen molar-refractivity contribution in [1.29, 1.82) is 0 Å². The molecule has 0 bridgehead atoms. The molecule has 2 heterocycles. The molecule has 0 spiro atoms. The van der Waals surface area contributed by atoms with E-state index in [0.717, 1.165) is 16.0 Å². The lowest BCUT2D eigenvalue weighted by Gasteiger charge is -2.12. The summed E-state index contributed by atoms with van der Waals surface area (Å²) >= 11 is 1.01. The summed E-state index contributed by atoms with van der Waals surface area (Å²) in [5, 5.41) is 11.0. The van der Waals surface area contributed by atoms with Crippen LogP contribution in [0.5, 0.6) is 0 Å². The second-order valence-corrected chi connectivity index (χ2v) is 6.67. The highest BCUT2D eigenvalue weighted by Gasteiger charge is 2.22. The van der Waals surface area contributed by atoms with Gasteiger partial charge in [0.25, 0.3) is 11.5 Å². The molecule has 0 fully saturated rings. The molecule has 1 aromatic carbocycles. The van der Waals surface area contributed by atoms with Crippen molar-refractivity contribution >= 4 is 39.2 Å². The Kier molecular flexibility index (Phi) is 5.26. The van der Waals surface area contributed by atoms with Crippen LogP contribution in [0.25, 0.3) is 10.9 Å². The molecule has 0 aliphatic heterocycles. The maximum Gasteiger partial charge on any atom is 0.350 e. The third kappa shape index (κ3) is 3.70. The third-order valence-electron chi connectivity index (χ3n) is 3.83. The topological polar surface area (TPSA) is 116 Å². The van der Waals surface area contributed by atoms with E-state index in [0.29, 0.717) is 21.5 Å². The van der Waals surface area contributed by atoms with Crippen molar-refractivity contribution in [3.8, 4) is 0 Å².